The number of amides is 2. The number of carbonyl (C=O) groups excluding carboxylic acids is 2. The van der Waals surface area contributed by atoms with Crippen molar-refractivity contribution in [2.45, 2.75) is 19.0 Å². The molecule has 2 saturated heterocycles. The Morgan fingerprint density at radius 2 is 1.75 bits per heavy atom. The van der Waals surface area contributed by atoms with Crippen molar-refractivity contribution in [3.05, 3.63) is 46.7 Å². The van der Waals surface area contributed by atoms with Crippen molar-refractivity contribution in [2.75, 3.05) is 77.6 Å². The lowest BCUT2D eigenvalue weighted by molar-refractivity contribution is -0.139. The summed E-state index contributed by atoms with van der Waals surface area (Å²) in [6.45, 7) is 9.78. The van der Waals surface area contributed by atoms with Gasteiger partial charge in [-0.3, -0.25) is 19.4 Å². The number of nitrogens with one attached hydrogen (secondary N) is 2. The van der Waals surface area contributed by atoms with Crippen molar-refractivity contribution in [1.82, 2.24) is 20.4 Å². The van der Waals surface area contributed by atoms with E-state index in [-0.39, 0.29) is 12.1 Å². The highest BCUT2D eigenvalue weighted by molar-refractivity contribution is 7.10. The molecule has 2 atom stereocenters. The molecule has 0 aliphatic carbocycles. The van der Waals surface area contributed by atoms with Gasteiger partial charge < -0.3 is 25.0 Å². The largest absolute Gasteiger partial charge is 0.497 e. The zero-order chi connectivity index (χ0) is 25.3. The van der Waals surface area contributed by atoms with Crippen LogP contribution in [0, 0.1) is 0 Å². The van der Waals surface area contributed by atoms with Gasteiger partial charge in [0.15, 0.2) is 0 Å². The maximum atomic E-state index is 12.7. The Hall–Kier alpha value is -2.66. The summed E-state index contributed by atoms with van der Waals surface area (Å²) in [6, 6.07) is 12.1. The predicted molar refractivity (Wildman–Crippen MR) is 142 cm³/mol. The Bertz CT molecular complexity index is 957. The van der Waals surface area contributed by atoms with E-state index in [4.69, 9.17) is 9.47 Å². The molecule has 4 rings (SSSR count). The predicted octanol–water partition coefficient (Wildman–Crippen LogP) is 1.57. The van der Waals surface area contributed by atoms with Gasteiger partial charge in [0.05, 0.1) is 26.4 Å². The summed E-state index contributed by atoms with van der Waals surface area (Å²) in [5, 5.41) is 7.78. The first-order valence-corrected chi connectivity index (χ1v) is 13.5. The number of methoxy groups -OCH3 is 1. The second kappa shape index (κ2) is 13.0. The lowest BCUT2D eigenvalue weighted by Crippen LogP contribution is -2.54. The molecule has 2 N–H and O–H groups in total. The zero-order valence-corrected chi connectivity index (χ0v) is 22.0. The van der Waals surface area contributed by atoms with Gasteiger partial charge in [0.25, 0.3) is 0 Å². The number of hydrogen-bond acceptors (Lipinski definition) is 8. The maximum absolute atomic E-state index is 12.7. The molecule has 1 aromatic heterocycles. The third-order valence-electron chi connectivity index (χ3n) is 6.84. The van der Waals surface area contributed by atoms with Crippen LogP contribution in [-0.2, 0) is 14.3 Å². The Balaban J connectivity index is 1.30. The van der Waals surface area contributed by atoms with Crippen molar-refractivity contribution in [1.29, 1.82) is 0 Å². The lowest BCUT2D eigenvalue weighted by Gasteiger charge is -2.42. The molecule has 10 heteroatoms. The molecular formula is C26H37N5O4S. The molecule has 9 nitrogen and oxygen atoms in total. The van der Waals surface area contributed by atoms with Crippen molar-refractivity contribution in [2.24, 2.45) is 0 Å². The minimum Gasteiger partial charge on any atom is -0.497 e. The van der Waals surface area contributed by atoms with E-state index in [9.17, 15) is 9.59 Å². The summed E-state index contributed by atoms with van der Waals surface area (Å²) >= 11 is 1.68. The van der Waals surface area contributed by atoms with Crippen LogP contribution in [0.25, 0.3) is 0 Å². The number of anilines is 1. The molecule has 0 saturated carbocycles. The lowest BCUT2D eigenvalue weighted by atomic mass is 10.0. The third-order valence-corrected chi connectivity index (χ3v) is 7.78. The standard InChI is InChI=1S/C26H37N5O4S/c1-20(28-26(33)25(32)27-9-10-29-15-17-35-18-16-29)24(23-4-3-19-36-23)31-13-11-30(12-14-31)21-5-7-22(34-2)8-6-21/h3-8,19-20,24H,9-18H2,1-2H3,(H,27,32)(H,28,33)/t20-,24+/m1/s1. The maximum Gasteiger partial charge on any atom is 0.309 e. The molecule has 0 bridgehead atoms. The van der Waals surface area contributed by atoms with E-state index < -0.39 is 11.8 Å². The fourth-order valence-electron chi connectivity index (χ4n) is 4.84. The molecule has 0 radical (unpaired) electrons. The second-order valence-corrected chi connectivity index (χ2v) is 10.1. The number of carbonyl (C=O) groups is 2. The molecule has 0 unspecified atom stereocenters. The average molecular weight is 516 g/mol. The van der Waals surface area contributed by atoms with Gasteiger partial charge >= 0.3 is 11.8 Å². The van der Waals surface area contributed by atoms with Gasteiger partial charge in [-0.25, -0.2) is 0 Å². The van der Waals surface area contributed by atoms with Crippen LogP contribution < -0.4 is 20.3 Å². The van der Waals surface area contributed by atoms with E-state index >= 15 is 0 Å². The van der Waals surface area contributed by atoms with Gasteiger partial charge in [-0.2, -0.15) is 0 Å². The van der Waals surface area contributed by atoms with Gasteiger partial charge in [-0.05, 0) is 42.6 Å². The Morgan fingerprint density at radius 1 is 1.03 bits per heavy atom. The molecule has 2 aliphatic heterocycles. The monoisotopic (exact) mass is 515 g/mol. The van der Waals surface area contributed by atoms with Crippen LogP contribution in [0.5, 0.6) is 5.75 Å². The van der Waals surface area contributed by atoms with Crippen LogP contribution in [0.1, 0.15) is 17.8 Å². The number of rotatable bonds is 9. The van der Waals surface area contributed by atoms with E-state index in [0.717, 1.165) is 45.0 Å². The number of ether oxygens (including phenoxy) is 2. The second-order valence-electron chi connectivity index (χ2n) is 9.15. The molecule has 1 aromatic carbocycles. The molecule has 3 heterocycles. The van der Waals surface area contributed by atoms with E-state index in [1.54, 1.807) is 18.4 Å². The van der Waals surface area contributed by atoms with E-state index in [2.05, 4.69) is 48.9 Å². The van der Waals surface area contributed by atoms with Gasteiger partial charge in [-0.15, -0.1) is 11.3 Å². The highest BCUT2D eigenvalue weighted by Crippen LogP contribution is 2.30. The molecular weight excluding hydrogens is 478 g/mol. The summed E-state index contributed by atoms with van der Waals surface area (Å²) < 4.78 is 10.6. The summed E-state index contributed by atoms with van der Waals surface area (Å²) in [5.41, 5.74) is 1.18. The molecule has 2 aromatic rings. The van der Waals surface area contributed by atoms with E-state index in [1.165, 1.54) is 10.6 Å². The normalized spacial score (nSPS) is 18.9. The highest BCUT2D eigenvalue weighted by atomic mass is 32.1. The van der Waals surface area contributed by atoms with Crippen molar-refractivity contribution < 1.29 is 19.1 Å². The Kier molecular flexibility index (Phi) is 9.57. The minimum atomic E-state index is -0.581. The van der Waals surface area contributed by atoms with E-state index in [0.29, 0.717) is 26.3 Å². The highest BCUT2D eigenvalue weighted by Gasteiger charge is 2.32. The van der Waals surface area contributed by atoms with Crippen LogP contribution in [-0.4, -0.2) is 100 Å². The fourth-order valence-corrected chi connectivity index (χ4v) is 5.80. The topological polar surface area (TPSA) is 86.4 Å². The first-order valence-electron chi connectivity index (χ1n) is 12.6. The van der Waals surface area contributed by atoms with E-state index in [1.807, 2.05) is 25.1 Å². The minimum absolute atomic E-state index is 0.00752. The van der Waals surface area contributed by atoms with Crippen LogP contribution in [0.3, 0.4) is 0 Å². The molecule has 36 heavy (non-hydrogen) atoms. The quantitative estimate of drug-likeness (QED) is 0.491. The summed E-state index contributed by atoms with van der Waals surface area (Å²) in [6.07, 6.45) is 0. The zero-order valence-electron chi connectivity index (χ0n) is 21.2. The number of hydrogen-bond donors (Lipinski definition) is 2. The number of benzene rings is 1. The number of nitrogens with zero attached hydrogens (tertiary/aromatic N) is 3. The SMILES string of the molecule is COc1ccc(N2CCN([C@H](c3cccs3)[C@@H](C)NC(=O)C(=O)NCCN3CCOCC3)CC2)cc1. The van der Waals surface area contributed by atoms with Gasteiger partial charge in [0.2, 0.25) is 0 Å². The summed E-state index contributed by atoms with van der Waals surface area (Å²) in [4.78, 5) is 33.3. The Labute approximate surface area is 217 Å². The summed E-state index contributed by atoms with van der Waals surface area (Å²) in [5.74, 6) is -0.308. The molecule has 196 valence electrons. The van der Waals surface area contributed by atoms with Crippen LogP contribution in [0.15, 0.2) is 41.8 Å². The van der Waals surface area contributed by atoms with Gasteiger partial charge in [-0.1, -0.05) is 6.07 Å². The van der Waals surface area contributed by atoms with Crippen LogP contribution in [0.4, 0.5) is 5.69 Å². The average Bonchev–Trinajstić information content (AvgIpc) is 3.44. The van der Waals surface area contributed by atoms with Crippen molar-refractivity contribution in [3.8, 4) is 5.75 Å². The van der Waals surface area contributed by atoms with Crippen LogP contribution in [0.2, 0.25) is 0 Å². The van der Waals surface area contributed by atoms with Crippen LogP contribution >= 0.6 is 11.3 Å². The smallest absolute Gasteiger partial charge is 0.309 e. The number of piperazine rings is 1. The first-order chi connectivity index (χ1) is 17.5. The fraction of sp³-hybridized carbons (Fsp3) is 0.538. The number of thiophene rings is 1. The van der Waals surface area contributed by atoms with Gasteiger partial charge in [0, 0.05) is 69.0 Å². The Morgan fingerprint density at radius 3 is 2.39 bits per heavy atom. The third kappa shape index (κ3) is 6.97. The van der Waals surface area contributed by atoms with Gasteiger partial charge in [0.1, 0.15) is 5.75 Å². The first kappa shape index (κ1) is 26.4. The molecule has 0 spiro atoms. The molecule has 2 amide bonds. The molecule has 2 aliphatic rings. The number of morpholine rings is 1. The van der Waals surface area contributed by atoms with Crippen molar-refractivity contribution >= 4 is 28.8 Å². The molecule has 2 fully saturated rings. The summed E-state index contributed by atoms with van der Waals surface area (Å²) in [7, 11) is 1.67. The van der Waals surface area contributed by atoms with Crippen molar-refractivity contribution in [3.63, 3.8) is 0 Å².